The Morgan fingerprint density at radius 2 is 1.94 bits per heavy atom. The van der Waals surface area contributed by atoms with Crippen LogP contribution < -0.4 is 10.6 Å². The molecule has 94 valence electrons. The van der Waals surface area contributed by atoms with E-state index in [0.29, 0.717) is 12.6 Å². The van der Waals surface area contributed by atoms with Crippen LogP contribution in [-0.4, -0.2) is 19.0 Å². The van der Waals surface area contributed by atoms with Crippen LogP contribution in [0.5, 0.6) is 0 Å². The number of hydrogen-bond acceptors (Lipinski definition) is 2. The number of carbonyl (C=O) groups is 1. The first-order valence-corrected chi connectivity index (χ1v) is 6.26. The van der Waals surface area contributed by atoms with Crippen molar-refractivity contribution in [3.05, 3.63) is 35.9 Å². The first-order valence-electron chi connectivity index (χ1n) is 6.26. The summed E-state index contributed by atoms with van der Waals surface area (Å²) in [4.78, 5) is 10.7. The van der Waals surface area contributed by atoms with Gasteiger partial charge >= 0.3 is 0 Å². The van der Waals surface area contributed by atoms with Gasteiger partial charge in [-0.2, -0.15) is 0 Å². The summed E-state index contributed by atoms with van der Waals surface area (Å²) >= 11 is 0. The third-order valence-corrected chi connectivity index (χ3v) is 2.67. The van der Waals surface area contributed by atoms with Crippen molar-refractivity contribution in [2.24, 2.45) is 0 Å². The summed E-state index contributed by atoms with van der Waals surface area (Å²) in [6, 6.07) is 10.8. The first-order chi connectivity index (χ1) is 8.24. The van der Waals surface area contributed by atoms with E-state index in [-0.39, 0.29) is 5.91 Å². The number of hydrogen-bond donors (Lipinski definition) is 2. The van der Waals surface area contributed by atoms with E-state index in [0.717, 1.165) is 19.4 Å². The molecule has 0 aliphatic rings. The van der Waals surface area contributed by atoms with E-state index in [1.807, 2.05) is 6.07 Å². The average Bonchev–Trinajstić information content (AvgIpc) is 2.34. The van der Waals surface area contributed by atoms with Gasteiger partial charge in [-0.3, -0.25) is 4.79 Å². The van der Waals surface area contributed by atoms with E-state index in [9.17, 15) is 4.79 Å². The predicted molar refractivity (Wildman–Crippen MR) is 70.8 cm³/mol. The second-order valence-corrected chi connectivity index (χ2v) is 4.19. The highest BCUT2D eigenvalue weighted by atomic mass is 16.1. The van der Waals surface area contributed by atoms with Crippen LogP contribution in [0, 0.1) is 0 Å². The predicted octanol–water partition coefficient (Wildman–Crippen LogP) is 2.25. The minimum Gasteiger partial charge on any atom is -0.355 e. The summed E-state index contributed by atoms with van der Waals surface area (Å²) < 4.78 is 0. The number of nitrogens with one attached hydrogen (secondary N) is 2. The van der Waals surface area contributed by atoms with Crippen molar-refractivity contribution in [3.8, 4) is 0 Å². The molecule has 0 aliphatic carbocycles. The molecule has 17 heavy (non-hydrogen) atoms. The van der Waals surface area contributed by atoms with Gasteiger partial charge in [-0.05, 0) is 12.0 Å². The highest BCUT2D eigenvalue weighted by Crippen LogP contribution is 2.17. The molecule has 0 spiro atoms. The molecule has 1 unspecified atom stereocenters. The molecule has 1 atom stereocenters. The van der Waals surface area contributed by atoms with Crippen LogP contribution in [0.2, 0.25) is 0 Å². The molecular formula is C14H22N2O. The van der Waals surface area contributed by atoms with Crippen LogP contribution in [0.3, 0.4) is 0 Å². The molecular weight excluding hydrogens is 212 g/mol. The second-order valence-electron chi connectivity index (χ2n) is 4.19. The Morgan fingerprint density at radius 3 is 2.53 bits per heavy atom. The molecule has 0 radical (unpaired) electrons. The largest absolute Gasteiger partial charge is 0.355 e. The van der Waals surface area contributed by atoms with Crippen LogP contribution in [0.4, 0.5) is 0 Å². The molecule has 1 aromatic carbocycles. The molecule has 0 saturated carbocycles. The zero-order chi connectivity index (χ0) is 12.5. The average molecular weight is 234 g/mol. The van der Waals surface area contributed by atoms with Crippen molar-refractivity contribution in [2.75, 3.05) is 13.1 Å². The molecule has 0 aromatic heterocycles. The highest BCUT2D eigenvalue weighted by molar-refractivity contribution is 5.72. The summed E-state index contributed by atoms with van der Waals surface area (Å²) in [6.45, 7) is 5.22. The van der Waals surface area contributed by atoms with Gasteiger partial charge in [0.05, 0.1) is 0 Å². The normalized spacial score (nSPS) is 12.1. The Morgan fingerprint density at radius 1 is 1.24 bits per heavy atom. The fraction of sp³-hybridized carbons (Fsp3) is 0.500. The van der Waals surface area contributed by atoms with Crippen LogP contribution >= 0.6 is 0 Å². The Labute approximate surface area is 104 Å². The van der Waals surface area contributed by atoms with Gasteiger partial charge in [0.25, 0.3) is 0 Å². The Bertz CT molecular complexity index is 324. The molecule has 0 aliphatic heterocycles. The lowest BCUT2D eigenvalue weighted by molar-refractivity contribution is -0.118. The van der Waals surface area contributed by atoms with Crippen LogP contribution in [0.15, 0.2) is 30.3 Å². The highest BCUT2D eigenvalue weighted by Gasteiger charge is 2.08. The second kappa shape index (κ2) is 7.85. The molecule has 2 N–H and O–H groups in total. The number of amides is 1. The van der Waals surface area contributed by atoms with Crippen molar-refractivity contribution >= 4 is 5.91 Å². The van der Waals surface area contributed by atoms with Crippen LogP contribution in [0.1, 0.15) is 38.3 Å². The third-order valence-electron chi connectivity index (χ3n) is 2.67. The Hall–Kier alpha value is -1.35. The number of carbonyl (C=O) groups excluding carboxylic acids is 1. The van der Waals surface area contributed by atoms with Gasteiger partial charge < -0.3 is 10.6 Å². The minimum absolute atomic E-state index is 0.0264. The van der Waals surface area contributed by atoms with Gasteiger partial charge in [-0.25, -0.2) is 0 Å². The quantitative estimate of drug-likeness (QED) is 0.710. The summed E-state index contributed by atoms with van der Waals surface area (Å²) in [5.74, 6) is 0.0264. The van der Waals surface area contributed by atoms with E-state index in [1.54, 1.807) is 6.92 Å². The van der Waals surface area contributed by atoms with Gasteiger partial charge in [-0.1, -0.05) is 43.7 Å². The molecule has 0 fully saturated rings. The van der Waals surface area contributed by atoms with Gasteiger partial charge in [0.15, 0.2) is 0 Å². The lowest BCUT2D eigenvalue weighted by Gasteiger charge is -2.18. The van der Waals surface area contributed by atoms with Crippen molar-refractivity contribution in [3.63, 3.8) is 0 Å². The van der Waals surface area contributed by atoms with Crippen LogP contribution in [-0.2, 0) is 4.79 Å². The zero-order valence-electron chi connectivity index (χ0n) is 10.7. The van der Waals surface area contributed by atoms with Crippen molar-refractivity contribution in [1.29, 1.82) is 0 Å². The molecule has 0 saturated heterocycles. The summed E-state index contributed by atoms with van der Waals surface area (Å²) in [5.41, 5.74) is 1.32. The molecule has 0 heterocycles. The van der Waals surface area contributed by atoms with Gasteiger partial charge in [0.2, 0.25) is 5.91 Å². The summed E-state index contributed by atoms with van der Waals surface area (Å²) in [7, 11) is 0. The van der Waals surface area contributed by atoms with E-state index < -0.39 is 0 Å². The number of benzene rings is 1. The standard InChI is InChI=1S/C14H22N2O/c1-3-7-14(13-8-5-4-6-9-13)16-11-10-15-12(2)17/h4-6,8-9,14,16H,3,7,10-11H2,1-2H3,(H,15,17). The molecule has 0 bridgehead atoms. The van der Waals surface area contributed by atoms with Gasteiger partial charge in [0.1, 0.15) is 0 Å². The van der Waals surface area contributed by atoms with E-state index in [1.165, 1.54) is 5.56 Å². The number of rotatable bonds is 7. The van der Waals surface area contributed by atoms with Crippen molar-refractivity contribution in [2.45, 2.75) is 32.7 Å². The maximum Gasteiger partial charge on any atom is 0.216 e. The summed E-state index contributed by atoms with van der Waals surface area (Å²) in [6.07, 6.45) is 2.26. The smallest absolute Gasteiger partial charge is 0.216 e. The van der Waals surface area contributed by atoms with Crippen LogP contribution in [0.25, 0.3) is 0 Å². The maximum absolute atomic E-state index is 10.7. The lowest BCUT2D eigenvalue weighted by Crippen LogP contribution is -2.32. The fourth-order valence-corrected chi connectivity index (χ4v) is 1.85. The van der Waals surface area contributed by atoms with Crippen molar-refractivity contribution in [1.82, 2.24) is 10.6 Å². The summed E-state index contributed by atoms with van der Waals surface area (Å²) in [5, 5.41) is 6.27. The third kappa shape index (κ3) is 5.50. The molecule has 3 heteroatoms. The first kappa shape index (κ1) is 13.7. The van der Waals surface area contributed by atoms with E-state index in [2.05, 4.69) is 41.8 Å². The maximum atomic E-state index is 10.7. The van der Waals surface area contributed by atoms with Gasteiger partial charge in [-0.15, -0.1) is 0 Å². The molecule has 1 aromatic rings. The minimum atomic E-state index is 0.0264. The monoisotopic (exact) mass is 234 g/mol. The lowest BCUT2D eigenvalue weighted by atomic mass is 10.0. The molecule has 1 amide bonds. The Kier molecular flexibility index (Phi) is 6.33. The topological polar surface area (TPSA) is 41.1 Å². The van der Waals surface area contributed by atoms with E-state index >= 15 is 0 Å². The molecule has 3 nitrogen and oxygen atoms in total. The zero-order valence-corrected chi connectivity index (χ0v) is 10.7. The van der Waals surface area contributed by atoms with Gasteiger partial charge in [0, 0.05) is 26.1 Å². The fourth-order valence-electron chi connectivity index (χ4n) is 1.85. The van der Waals surface area contributed by atoms with E-state index in [4.69, 9.17) is 0 Å². The SMILES string of the molecule is CCCC(NCCNC(C)=O)c1ccccc1. The Balaban J connectivity index is 2.41. The molecule has 1 rings (SSSR count). The van der Waals surface area contributed by atoms with Crippen molar-refractivity contribution < 1.29 is 4.79 Å².